The molecular formula is C15H19N3O. The van der Waals surface area contributed by atoms with Crippen LogP contribution in [-0.2, 0) is 6.54 Å². The fourth-order valence-electron chi connectivity index (χ4n) is 2.14. The van der Waals surface area contributed by atoms with E-state index < -0.39 is 6.10 Å². The van der Waals surface area contributed by atoms with E-state index in [2.05, 4.69) is 5.32 Å². The van der Waals surface area contributed by atoms with Gasteiger partial charge in [0.25, 0.3) is 0 Å². The maximum atomic E-state index is 9.84. The molecule has 2 rings (SSSR count). The Morgan fingerprint density at radius 2 is 1.68 bits per heavy atom. The molecular weight excluding hydrogens is 238 g/mol. The van der Waals surface area contributed by atoms with E-state index in [1.165, 1.54) is 0 Å². The van der Waals surface area contributed by atoms with Gasteiger partial charge in [0.2, 0.25) is 0 Å². The molecule has 0 aliphatic carbocycles. The fourth-order valence-corrected chi connectivity index (χ4v) is 2.14. The number of nitrogen functional groups attached to an aromatic ring is 2. The fraction of sp³-hybridized carbons (Fsp3) is 0.200. The van der Waals surface area contributed by atoms with Crippen molar-refractivity contribution in [3.8, 4) is 0 Å². The zero-order chi connectivity index (χ0) is 13.8. The Hall–Kier alpha value is -2.20. The van der Waals surface area contributed by atoms with Crippen molar-refractivity contribution in [3.63, 3.8) is 0 Å². The summed E-state index contributed by atoms with van der Waals surface area (Å²) in [5.74, 6) is 0. The maximum absolute atomic E-state index is 9.84. The molecule has 0 amide bonds. The molecule has 0 spiro atoms. The van der Waals surface area contributed by atoms with Crippen LogP contribution in [0.4, 0.5) is 17.1 Å². The first kappa shape index (κ1) is 13.2. The normalized spacial score (nSPS) is 12.1. The Kier molecular flexibility index (Phi) is 3.92. The van der Waals surface area contributed by atoms with Gasteiger partial charge in [-0.25, -0.2) is 0 Å². The first-order valence-corrected chi connectivity index (χ1v) is 6.23. The van der Waals surface area contributed by atoms with Gasteiger partial charge in [0.15, 0.2) is 0 Å². The van der Waals surface area contributed by atoms with Crippen molar-refractivity contribution < 1.29 is 5.11 Å². The molecule has 4 nitrogen and oxygen atoms in total. The summed E-state index contributed by atoms with van der Waals surface area (Å²) in [5.41, 5.74) is 15.6. The lowest BCUT2D eigenvalue weighted by molar-refractivity contribution is 0.199. The zero-order valence-electron chi connectivity index (χ0n) is 10.9. The Bertz CT molecular complexity index is 553. The average molecular weight is 257 g/mol. The van der Waals surface area contributed by atoms with Crippen LogP contribution in [0.15, 0.2) is 42.5 Å². The van der Waals surface area contributed by atoms with Crippen molar-refractivity contribution in [1.29, 1.82) is 0 Å². The van der Waals surface area contributed by atoms with Gasteiger partial charge in [0.05, 0.1) is 6.10 Å². The van der Waals surface area contributed by atoms with E-state index in [4.69, 9.17) is 11.5 Å². The summed E-state index contributed by atoms with van der Waals surface area (Å²) in [5, 5.41) is 13.1. The highest BCUT2D eigenvalue weighted by Crippen LogP contribution is 2.29. The van der Waals surface area contributed by atoms with Crippen molar-refractivity contribution in [2.75, 3.05) is 16.8 Å². The number of nitrogens with one attached hydrogen (secondary N) is 1. The van der Waals surface area contributed by atoms with E-state index >= 15 is 0 Å². The van der Waals surface area contributed by atoms with Crippen LogP contribution in [0.1, 0.15) is 24.2 Å². The Morgan fingerprint density at radius 1 is 1.05 bits per heavy atom. The van der Waals surface area contributed by atoms with Gasteiger partial charge in [-0.2, -0.15) is 0 Å². The number of rotatable bonds is 4. The number of para-hydroxylation sites is 1. The predicted octanol–water partition coefficient (Wildman–Crippen LogP) is 2.52. The van der Waals surface area contributed by atoms with Crippen molar-refractivity contribution in [3.05, 3.63) is 53.6 Å². The maximum Gasteiger partial charge on any atom is 0.0786 e. The van der Waals surface area contributed by atoms with Crippen LogP contribution in [0.3, 0.4) is 0 Å². The summed E-state index contributed by atoms with van der Waals surface area (Å²) >= 11 is 0. The second-order valence-corrected chi connectivity index (χ2v) is 4.53. The smallest absolute Gasteiger partial charge is 0.0786 e. The molecule has 6 N–H and O–H groups in total. The number of aliphatic hydroxyl groups excluding tert-OH is 1. The number of benzene rings is 2. The highest BCUT2D eigenvalue weighted by atomic mass is 16.3. The minimum Gasteiger partial charge on any atom is -0.398 e. The molecule has 0 fully saturated rings. The van der Waals surface area contributed by atoms with E-state index in [1.807, 2.05) is 30.3 Å². The van der Waals surface area contributed by atoms with E-state index in [0.29, 0.717) is 23.5 Å². The summed E-state index contributed by atoms with van der Waals surface area (Å²) in [6, 6.07) is 13.3. The van der Waals surface area contributed by atoms with E-state index in [1.54, 1.807) is 19.1 Å². The van der Waals surface area contributed by atoms with Crippen LogP contribution in [0, 0.1) is 0 Å². The largest absolute Gasteiger partial charge is 0.398 e. The topological polar surface area (TPSA) is 84.3 Å². The first-order valence-electron chi connectivity index (χ1n) is 6.23. The van der Waals surface area contributed by atoms with E-state index in [0.717, 1.165) is 11.3 Å². The molecule has 0 saturated heterocycles. The number of aliphatic hydroxyl groups is 1. The van der Waals surface area contributed by atoms with Crippen LogP contribution in [-0.4, -0.2) is 5.11 Å². The quantitative estimate of drug-likeness (QED) is 0.634. The molecule has 0 heterocycles. The standard InChI is InChI=1S/C15H19N3O/c1-10(19)15-12(13(16)7-8-14(15)17)9-18-11-5-3-2-4-6-11/h2-8,10,18-19H,9,16-17H2,1H3. The van der Waals surface area contributed by atoms with Crippen LogP contribution in [0.5, 0.6) is 0 Å². The first-order chi connectivity index (χ1) is 9.09. The van der Waals surface area contributed by atoms with Crippen molar-refractivity contribution in [1.82, 2.24) is 0 Å². The molecule has 0 aromatic heterocycles. The molecule has 2 aromatic rings. The zero-order valence-corrected chi connectivity index (χ0v) is 10.9. The molecule has 0 aliphatic heterocycles. The lowest BCUT2D eigenvalue weighted by atomic mass is 9.99. The van der Waals surface area contributed by atoms with E-state index in [9.17, 15) is 5.11 Å². The molecule has 0 radical (unpaired) electrons. The number of hydrogen-bond donors (Lipinski definition) is 4. The number of hydrogen-bond acceptors (Lipinski definition) is 4. The van der Waals surface area contributed by atoms with Crippen molar-refractivity contribution in [2.45, 2.75) is 19.6 Å². The third kappa shape index (κ3) is 2.98. The highest BCUT2D eigenvalue weighted by Gasteiger charge is 2.14. The van der Waals surface area contributed by atoms with Crippen molar-refractivity contribution >= 4 is 17.1 Å². The number of nitrogens with two attached hydrogens (primary N) is 2. The molecule has 0 saturated carbocycles. The molecule has 1 atom stereocenters. The Balaban J connectivity index is 2.27. The minimum atomic E-state index is -0.643. The van der Waals surface area contributed by atoms with Crippen LogP contribution in [0.25, 0.3) is 0 Å². The molecule has 1 unspecified atom stereocenters. The molecule has 19 heavy (non-hydrogen) atoms. The third-order valence-electron chi connectivity index (χ3n) is 3.09. The SMILES string of the molecule is CC(O)c1c(N)ccc(N)c1CNc1ccccc1. The summed E-state index contributed by atoms with van der Waals surface area (Å²) in [6.07, 6.45) is -0.643. The molecule has 2 aromatic carbocycles. The van der Waals surface area contributed by atoms with Crippen LogP contribution in [0.2, 0.25) is 0 Å². The van der Waals surface area contributed by atoms with Gasteiger partial charge in [-0.1, -0.05) is 18.2 Å². The molecule has 100 valence electrons. The molecule has 4 heteroatoms. The monoisotopic (exact) mass is 257 g/mol. The second kappa shape index (κ2) is 5.63. The molecule has 0 aliphatic rings. The van der Waals surface area contributed by atoms with Crippen molar-refractivity contribution in [2.24, 2.45) is 0 Å². The van der Waals surface area contributed by atoms with Gasteiger partial charge in [-0.3, -0.25) is 0 Å². The molecule has 0 bridgehead atoms. The van der Waals surface area contributed by atoms with E-state index in [-0.39, 0.29) is 0 Å². The summed E-state index contributed by atoms with van der Waals surface area (Å²) in [4.78, 5) is 0. The third-order valence-corrected chi connectivity index (χ3v) is 3.09. The van der Waals surface area contributed by atoms with Gasteiger partial charge < -0.3 is 21.9 Å². The van der Waals surface area contributed by atoms with Gasteiger partial charge in [-0.05, 0) is 31.2 Å². The summed E-state index contributed by atoms with van der Waals surface area (Å²) in [6.45, 7) is 2.22. The van der Waals surface area contributed by atoms with Gasteiger partial charge in [0, 0.05) is 34.7 Å². The van der Waals surface area contributed by atoms with Crippen LogP contribution >= 0.6 is 0 Å². The van der Waals surface area contributed by atoms with Gasteiger partial charge >= 0.3 is 0 Å². The Morgan fingerprint density at radius 3 is 2.32 bits per heavy atom. The summed E-state index contributed by atoms with van der Waals surface area (Å²) in [7, 11) is 0. The lowest BCUT2D eigenvalue weighted by Crippen LogP contribution is -2.11. The minimum absolute atomic E-state index is 0.529. The highest BCUT2D eigenvalue weighted by molar-refractivity contribution is 5.63. The van der Waals surface area contributed by atoms with Gasteiger partial charge in [-0.15, -0.1) is 0 Å². The summed E-state index contributed by atoms with van der Waals surface area (Å²) < 4.78 is 0. The van der Waals surface area contributed by atoms with Crippen LogP contribution < -0.4 is 16.8 Å². The second-order valence-electron chi connectivity index (χ2n) is 4.53. The predicted molar refractivity (Wildman–Crippen MR) is 79.7 cm³/mol. The number of anilines is 3. The van der Waals surface area contributed by atoms with Gasteiger partial charge in [0.1, 0.15) is 0 Å². The Labute approximate surface area is 113 Å². The lowest BCUT2D eigenvalue weighted by Gasteiger charge is -2.18. The average Bonchev–Trinajstić information content (AvgIpc) is 2.40.